The topological polar surface area (TPSA) is 79.0 Å². The number of likely N-dealkylation sites (N-methyl/N-ethyl adjacent to an activating group) is 1. The summed E-state index contributed by atoms with van der Waals surface area (Å²) >= 11 is 0. The Morgan fingerprint density at radius 1 is 0.843 bits per heavy atom. The molecule has 0 spiro atoms. The molecule has 7 nitrogen and oxygen atoms in total. The summed E-state index contributed by atoms with van der Waals surface area (Å²) in [6.45, 7) is 9.99. The maximum absolute atomic E-state index is 12.2. The van der Waals surface area contributed by atoms with Gasteiger partial charge in [0, 0.05) is 55.3 Å². The third-order valence-corrected chi connectivity index (χ3v) is 10.3. The lowest BCUT2D eigenvalue weighted by Gasteiger charge is -2.29. The zero-order chi connectivity index (χ0) is 36.2. The number of rotatable bonds is 13. The maximum atomic E-state index is 12.2. The number of benzene rings is 4. The predicted octanol–water partition coefficient (Wildman–Crippen LogP) is 9.66. The summed E-state index contributed by atoms with van der Waals surface area (Å²) in [6.07, 6.45) is 14.5. The summed E-state index contributed by atoms with van der Waals surface area (Å²) in [5.74, 6) is -1.44. The third kappa shape index (κ3) is 7.48. The quantitative estimate of drug-likeness (QED) is 0.0859. The van der Waals surface area contributed by atoms with Gasteiger partial charge in [-0.05, 0) is 75.6 Å². The van der Waals surface area contributed by atoms with Crippen LogP contribution in [0.4, 0.5) is 11.4 Å². The lowest BCUT2D eigenvalue weighted by molar-refractivity contribution is -0.197. The van der Waals surface area contributed by atoms with Crippen LogP contribution in [0.25, 0.3) is 21.5 Å². The van der Waals surface area contributed by atoms with Gasteiger partial charge in [0.25, 0.3) is 11.8 Å². The Bertz CT molecular complexity index is 2040. The minimum absolute atomic E-state index is 0.0990. The van der Waals surface area contributed by atoms with Crippen molar-refractivity contribution in [3.05, 3.63) is 120 Å². The van der Waals surface area contributed by atoms with Crippen LogP contribution in [0.5, 0.6) is 0 Å². The number of imide groups is 1. The molecule has 7 heteroatoms. The fraction of sp³-hybridized carbons (Fsp3) is 0.341. The van der Waals surface area contributed by atoms with Crippen molar-refractivity contribution in [2.45, 2.75) is 83.5 Å². The van der Waals surface area contributed by atoms with E-state index < -0.39 is 17.8 Å². The Morgan fingerprint density at radius 2 is 1.51 bits per heavy atom. The molecule has 2 aliphatic rings. The number of unbranched alkanes of at least 4 members (excludes halogenated alkanes) is 2. The van der Waals surface area contributed by atoms with Gasteiger partial charge in [0.2, 0.25) is 0 Å². The molecular weight excluding hydrogens is 635 g/mol. The first-order valence-corrected chi connectivity index (χ1v) is 18.1. The van der Waals surface area contributed by atoms with Crippen LogP contribution in [0, 0.1) is 0 Å². The fourth-order valence-electron chi connectivity index (χ4n) is 7.70. The average Bonchev–Trinajstić information content (AvgIpc) is 3.53. The molecule has 0 saturated carbocycles. The molecule has 51 heavy (non-hydrogen) atoms. The van der Waals surface area contributed by atoms with Crippen molar-refractivity contribution in [1.82, 2.24) is 5.06 Å². The van der Waals surface area contributed by atoms with Gasteiger partial charge in [0.05, 0.1) is 0 Å². The van der Waals surface area contributed by atoms with E-state index in [0.717, 1.165) is 31.5 Å². The highest BCUT2D eigenvalue weighted by molar-refractivity contribution is 6.01. The molecule has 0 radical (unpaired) electrons. The first-order valence-electron chi connectivity index (χ1n) is 18.1. The number of hydroxylamine groups is 2. The molecular formula is C44H49N3O4. The van der Waals surface area contributed by atoms with Crippen LogP contribution < -0.4 is 10.2 Å². The molecule has 0 bridgehead atoms. The van der Waals surface area contributed by atoms with Gasteiger partial charge in [-0.2, -0.15) is 0 Å². The largest absolute Gasteiger partial charge is 0.385 e. The molecule has 264 valence electrons. The Morgan fingerprint density at radius 3 is 2.25 bits per heavy atom. The highest BCUT2D eigenvalue weighted by Crippen LogP contribution is 2.50. The van der Waals surface area contributed by atoms with E-state index in [9.17, 15) is 14.4 Å². The summed E-state index contributed by atoms with van der Waals surface area (Å²) in [4.78, 5) is 42.9. The molecule has 1 fully saturated rings. The van der Waals surface area contributed by atoms with E-state index in [1.54, 1.807) is 0 Å². The summed E-state index contributed by atoms with van der Waals surface area (Å²) in [6, 6.07) is 26.0. The van der Waals surface area contributed by atoms with E-state index in [1.165, 1.54) is 44.1 Å². The molecule has 1 N–H and O–H groups in total. The fourth-order valence-corrected chi connectivity index (χ4v) is 7.70. The predicted molar refractivity (Wildman–Crippen MR) is 207 cm³/mol. The van der Waals surface area contributed by atoms with Gasteiger partial charge in [-0.15, -0.1) is 5.06 Å². The Labute approximate surface area is 301 Å². The van der Waals surface area contributed by atoms with Crippen LogP contribution >= 0.6 is 0 Å². The number of allylic oxidation sites excluding steroid dienone is 6. The minimum Gasteiger partial charge on any atom is -0.385 e. The summed E-state index contributed by atoms with van der Waals surface area (Å²) in [5.41, 5.74) is 6.09. The molecule has 0 aromatic heterocycles. The summed E-state index contributed by atoms with van der Waals surface area (Å²) in [7, 11) is 2.16. The zero-order valence-corrected chi connectivity index (χ0v) is 30.5. The van der Waals surface area contributed by atoms with Gasteiger partial charge in [-0.1, -0.05) is 119 Å². The smallest absolute Gasteiger partial charge is 0.333 e. The summed E-state index contributed by atoms with van der Waals surface area (Å²) < 4.78 is 0. The van der Waals surface area contributed by atoms with E-state index in [1.807, 2.05) is 0 Å². The number of hydrogen-bond donors (Lipinski definition) is 1. The van der Waals surface area contributed by atoms with E-state index in [2.05, 4.69) is 148 Å². The number of carbonyl (C=O) groups excluding carboxylic acids is 3. The lowest BCUT2D eigenvalue weighted by atomic mass is 9.78. The minimum atomic E-state index is -0.543. The molecule has 2 amide bonds. The Hall–Kier alpha value is -5.17. The molecule has 1 saturated heterocycles. The number of hydrogen-bond acceptors (Lipinski definition) is 6. The highest BCUT2D eigenvalue weighted by Gasteiger charge is 2.39. The average molecular weight is 684 g/mol. The number of carbonyl (C=O) groups is 3. The number of nitrogens with one attached hydrogen (secondary N) is 1. The molecule has 2 heterocycles. The van der Waals surface area contributed by atoms with Crippen molar-refractivity contribution in [2.75, 3.05) is 23.8 Å². The SMILES string of the molecule is CN1/C(=C/C=C/C=C/CC(C)(C)c2c(NCCCCCC(=O)ON3C(=O)CCC3=O)ccc3ccccc23)C(C)(C)c2c1ccc1ccccc21. The Balaban J connectivity index is 1.07. The highest BCUT2D eigenvalue weighted by atomic mass is 16.7. The van der Waals surface area contributed by atoms with Crippen molar-refractivity contribution >= 4 is 50.7 Å². The maximum Gasteiger partial charge on any atom is 0.333 e. The van der Waals surface area contributed by atoms with E-state index in [4.69, 9.17) is 4.84 Å². The van der Waals surface area contributed by atoms with E-state index in [-0.39, 0.29) is 30.1 Å². The van der Waals surface area contributed by atoms with Gasteiger partial charge < -0.3 is 15.1 Å². The number of fused-ring (bicyclic) bond motifs is 4. The van der Waals surface area contributed by atoms with Gasteiger partial charge in [0.1, 0.15) is 0 Å². The van der Waals surface area contributed by atoms with Crippen molar-refractivity contribution < 1.29 is 19.2 Å². The van der Waals surface area contributed by atoms with Crippen LogP contribution in [-0.4, -0.2) is 36.4 Å². The summed E-state index contributed by atoms with van der Waals surface area (Å²) in [5, 5.41) is 9.35. The molecule has 4 aromatic rings. The van der Waals surface area contributed by atoms with E-state index in [0.29, 0.717) is 11.5 Å². The molecule has 2 aliphatic heterocycles. The van der Waals surface area contributed by atoms with Crippen LogP contribution in [-0.2, 0) is 30.1 Å². The second-order valence-electron chi connectivity index (χ2n) is 14.8. The number of anilines is 2. The lowest BCUT2D eigenvalue weighted by Crippen LogP contribution is -2.31. The van der Waals surface area contributed by atoms with Gasteiger partial charge in [-0.25, -0.2) is 4.79 Å². The van der Waals surface area contributed by atoms with Crippen molar-refractivity contribution in [1.29, 1.82) is 0 Å². The number of amides is 2. The van der Waals surface area contributed by atoms with Crippen molar-refractivity contribution in [3.8, 4) is 0 Å². The normalized spacial score (nSPS) is 16.8. The molecule has 4 aromatic carbocycles. The first kappa shape index (κ1) is 35.6. The number of nitrogens with zero attached hydrogens (tertiary/aromatic N) is 2. The second-order valence-corrected chi connectivity index (χ2v) is 14.8. The van der Waals surface area contributed by atoms with Crippen LogP contribution in [0.15, 0.2) is 109 Å². The van der Waals surface area contributed by atoms with Gasteiger partial charge in [-0.3, -0.25) is 9.59 Å². The Kier molecular flexibility index (Phi) is 10.5. The van der Waals surface area contributed by atoms with Gasteiger partial charge in [0.15, 0.2) is 0 Å². The van der Waals surface area contributed by atoms with Gasteiger partial charge >= 0.3 is 5.97 Å². The molecule has 0 aliphatic carbocycles. The van der Waals surface area contributed by atoms with Crippen LogP contribution in [0.3, 0.4) is 0 Å². The van der Waals surface area contributed by atoms with E-state index >= 15 is 0 Å². The van der Waals surface area contributed by atoms with Crippen molar-refractivity contribution in [2.24, 2.45) is 0 Å². The third-order valence-electron chi connectivity index (χ3n) is 10.3. The molecule has 0 unspecified atom stereocenters. The molecule has 6 rings (SSSR count). The first-order chi connectivity index (χ1) is 24.5. The standard InChI is InChI=1S/C44H49N3O4/c1-43(2,29-15-7-6-9-21-37-44(3,4)42-34-20-14-12-18-32(34)24-26-36(42)46(37)5)41-33-19-13-11-17-31(33)23-25-35(41)45-30-16-8-10-22-40(50)51-47-38(48)27-28-39(47)49/h6-7,9,11-15,17-21,23-26,45H,8,10,16,22,27-30H2,1-5H3/b9-6+,15-7+,37-21+. The van der Waals surface area contributed by atoms with Crippen molar-refractivity contribution in [3.63, 3.8) is 0 Å². The molecule has 0 atom stereocenters. The van der Waals surface area contributed by atoms with Crippen LogP contribution in [0.1, 0.15) is 83.8 Å². The monoisotopic (exact) mass is 683 g/mol. The van der Waals surface area contributed by atoms with Crippen LogP contribution in [0.2, 0.25) is 0 Å². The second kappa shape index (κ2) is 15.0. The zero-order valence-electron chi connectivity index (χ0n) is 30.5.